The van der Waals surface area contributed by atoms with Crippen molar-refractivity contribution >= 4 is 22.8 Å². The molecule has 2 rings (SSSR count). The number of carboxylic acids is 1. The van der Waals surface area contributed by atoms with Gasteiger partial charge in [-0.25, -0.2) is 4.79 Å². The molecule has 1 aromatic carbocycles. The summed E-state index contributed by atoms with van der Waals surface area (Å²) in [7, 11) is 0. The van der Waals surface area contributed by atoms with Crippen LogP contribution in [-0.2, 0) is 20.7 Å². The second-order valence-electron chi connectivity index (χ2n) is 6.58. The smallest absolute Gasteiger partial charge is 0.328 e. The summed E-state index contributed by atoms with van der Waals surface area (Å²) >= 11 is 0. The summed E-state index contributed by atoms with van der Waals surface area (Å²) in [6.45, 7) is 9.86. The van der Waals surface area contributed by atoms with E-state index in [-0.39, 0.29) is 19.6 Å². The lowest BCUT2D eigenvalue weighted by Gasteiger charge is -2.14. The zero-order valence-electron chi connectivity index (χ0n) is 15.4. The molecule has 1 atom stereocenters. The minimum atomic E-state index is -1.14. The fourth-order valence-electron chi connectivity index (χ4n) is 2.87. The van der Waals surface area contributed by atoms with Gasteiger partial charge in [-0.15, -0.1) is 6.58 Å². The molecule has 140 valence electrons. The van der Waals surface area contributed by atoms with Crippen LogP contribution in [0.25, 0.3) is 11.0 Å². The molecule has 0 aliphatic carbocycles. The maximum Gasteiger partial charge on any atom is 0.328 e. The van der Waals surface area contributed by atoms with Gasteiger partial charge in [0.1, 0.15) is 5.58 Å². The molecule has 0 fully saturated rings. The van der Waals surface area contributed by atoms with Crippen molar-refractivity contribution in [1.82, 2.24) is 5.32 Å². The fourth-order valence-corrected chi connectivity index (χ4v) is 2.87. The van der Waals surface area contributed by atoms with E-state index < -0.39 is 17.9 Å². The van der Waals surface area contributed by atoms with Gasteiger partial charge in [0.15, 0.2) is 6.04 Å². The normalized spacial score (nSPS) is 12.3. The molecule has 0 aliphatic heterocycles. The van der Waals surface area contributed by atoms with E-state index in [1.54, 1.807) is 6.26 Å². The molecule has 6 nitrogen and oxygen atoms in total. The second kappa shape index (κ2) is 8.67. The van der Waals surface area contributed by atoms with Gasteiger partial charge < -0.3 is 19.6 Å². The standard InChI is InChI=1S/C20H25NO5/c1-5-6-25-11-17(20(23)24)21-19(22)8-14-10-26-18-7-13(4)15(12(2)3)9-16(14)18/h5,7,9-10,12,17H,1,6,8,11H2,2-4H3,(H,21,22)(H,23,24). The Morgan fingerprint density at radius 1 is 1.38 bits per heavy atom. The van der Waals surface area contributed by atoms with Crippen molar-refractivity contribution < 1.29 is 23.8 Å². The first-order valence-corrected chi connectivity index (χ1v) is 8.54. The highest BCUT2D eigenvalue weighted by Crippen LogP contribution is 2.29. The first-order chi connectivity index (χ1) is 12.3. The Labute approximate surface area is 152 Å². The molecule has 2 N–H and O–H groups in total. The molecule has 0 aliphatic rings. The number of furan rings is 1. The fraction of sp³-hybridized carbons (Fsp3) is 0.400. The third-order valence-corrected chi connectivity index (χ3v) is 4.17. The van der Waals surface area contributed by atoms with Crippen LogP contribution in [0.15, 0.2) is 35.5 Å². The average Bonchev–Trinajstić information content (AvgIpc) is 2.94. The third kappa shape index (κ3) is 4.73. The lowest BCUT2D eigenvalue weighted by Crippen LogP contribution is -2.44. The van der Waals surface area contributed by atoms with Crippen LogP contribution in [-0.4, -0.2) is 36.2 Å². The van der Waals surface area contributed by atoms with E-state index in [0.29, 0.717) is 5.92 Å². The zero-order chi connectivity index (χ0) is 19.3. The van der Waals surface area contributed by atoms with Gasteiger partial charge in [0.05, 0.1) is 25.9 Å². The van der Waals surface area contributed by atoms with Crippen LogP contribution >= 0.6 is 0 Å². The predicted octanol–water partition coefficient (Wildman–Crippen LogP) is 3.18. The van der Waals surface area contributed by atoms with E-state index in [1.807, 2.05) is 19.1 Å². The SMILES string of the molecule is C=CCOCC(NC(=O)Cc1coc2cc(C)c(C(C)C)cc12)C(=O)O. The number of nitrogens with one attached hydrogen (secondary N) is 1. The Morgan fingerprint density at radius 3 is 2.73 bits per heavy atom. The molecule has 0 saturated carbocycles. The van der Waals surface area contributed by atoms with E-state index in [2.05, 4.69) is 25.7 Å². The molecule has 26 heavy (non-hydrogen) atoms. The number of benzene rings is 1. The van der Waals surface area contributed by atoms with Gasteiger partial charge in [-0.1, -0.05) is 19.9 Å². The van der Waals surface area contributed by atoms with E-state index >= 15 is 0 Å². The molecule has 2 aromatic rings. The van der Waals surface area contributed by atoms with E-state index in [4.69, 9.17) is 9.15 Å². The number of fused-ring (bicyclic) bond motifs is 1. The van der Waals surface area contributed by atoms with Gasteiger partial charge in [-0.3, -0.25) is 4.79 Å². The molecule has 0 saturated heterocycles. The number of amides is 1. The van der Waals surface area contributed by atoms with Crippen molar-refractivity contribution in [3.63, 3.8) is 0 Å². The number of hydrogen-bond acceptors (Lipinski definition) is 4. The number of ether oxygens (including phenoxy) is 1. The number of hydrogen-bond donors (Lipinski definition) is 2. The zero-order valence-corrected chi connectivity index (χ0v) is 15.4. The summed E-state index contributed by atoms with van der Waals surface area (Å²) in [5.74, 6) is -1.18. The van der Waals surface area contributed by atoms with Crippen molar-refractivity contribution in [2.45, 2.75) is 39.2 Å². The minimum Gasteiger partial charge on any atom is -0.480 e. The highest BCUT2D eigenvalue weighted by molar-refractivity contribution is 5.90. The van der Waals surface area contributed by atoms with Gasteiger partial charge >= 0.3 is 5.97 Å². The summed E-state index contributed by atoms with van der Waals surface area (Å²) in [4.78, 5) is 23.6. The lowest BCUT2D eigenvalue weighted by molar-refractivity contribution is -0.143. The van der Waals surface area contributed by atoms with Crippen LogP contribution in [0.5, 0.6) is 0 Å². The van der Waals surface area contributed by atoms with Crippen LogP contribution in [0.4, 0.5) is 0 Å². The van der Waals surface area contributed by atoms with Crippen LogP contribution in [0.1, 0.15) is 36.5 Å². The highest BCUT2D eigenvalue weighted by atomic mass is 16.5. The van der Waals surface area contributed by atoms with Crippen molar-refractivity contribution in [3.05, 3.63) is 47.7 Å². The first-order valence-electron chi connectivity index (χ1n) is 8.54. The topological polar surface area (TPSA) is 88.8 Å². The largest absolute Gasteiger partial charge is 0.480 e. The Kier molecular flexibility index (Phi) is 6.58. The van der Waals surface area contributed by atoms with Gasteiger partial charge in [-0.2, -0.15) is 0 Å². The highest BCUT2D eigenvalue weighted by Gasteiger charge is 2.21. The molecule has 0 bridgehead atoms. The first kappa shape index (κ1) is 19.7. The number of aliphatic carboxylic acids is 1. The average molecular weight is 359 g/mol. The molecule has 1 unspecified atom stereocenters. The third-order valence-electron chi connectivity index (χ3n) is 4.17. The molecule has 0 spiro atoms. The Morgan fingerprint density at radius 2 is 2.12 bits per heavy atom. The molecule has 0 radical (unpaired) electrons. The molecule has 1 heterocycles. The van der Waals surface area contributed by atoms with Crippen LogP contribution in [0.3, 0.4) is 0 Å². The van der Waals surface area contributed by atoms with Crippen molar-refractivity contribution in [2.75, 3.05) is 13.2 Å². The van der Waals surface area contributed by atoms with E-state index in [9.17, 15) is 14.7 Å². The van der Waals surface area contributed by atoms with E-state index in [1.165, 1.54) is 11.6 Å². The summed E-state index contributed by atoms with van der Waals surface area (Å²) < 4.78 is 10.7. The lowest BCUT2D eigenvalue weighted by atomic mass is 9.95. The quantitative estimate of drug-likeness (QED) is 0.530. The number of rotatable bonds is 9. The molecule has 1 amide bonds. The van der Waals surface area contributed by atoms with Crippen LogP contribution in [0.2, 0.25) is 0 Å². The second-order valence-corrected chi connectivity index (χ2v) is 6.58. The summed E-state index contributed by atoms with van der Waals surface area (Å²) in [6, 6.07) is 2.91. The van der Waals surface area contributed by atoms with Crippen LogP contribution < -0.4 is 5.32 Å². The Hall–Kier alpha value is -2.60. The number of carbonyl (C=O) groups is 2. The Balaban J connectivity index is 2.14. The number of carboxylic acid groups (broad SMARTS) is 1. The van der Waals surface area contributed by atoms with Gasteiger partial charge in [0, 0.05) is 10.9 Å². The minimum absolute atomic E-state index is 0.0405. The number of aryl methyl sites for hydroxylation is 1. The summed E-state index contributed by atoms with van der Waals surface area (Å²) in [6.07, 6.45) is 3.11. The maximum atomic E-state index is 12.3. The van der Waals surface area contributed by atoms with Gasteiger partial charge in [0.2, 0.25) is 5.91 Å². The van der Waals surface area contributed by atoms with Gasteiger partial charge in [0.25, 0.3) is 0 Å². The predicted molar refractivity (Wildman–Crippen MR) is 99.3 cm³/mol. The molecular formula is C20H25NO5. The molecule has 6 heteroatoms. The monoisotopic (exact) mass is 359 g/mol. The Bertz CT molecular complexity index is 806. The van der Waals surface area contributed by atoms with Crippen molar-refractivity contribution in [3.8, 4) is 0 Å². The summed E-state index contributed by atoms with van der Waals surface area (Å²) in [5, 5.41) is 12.6. The summed E-state index contributed by atoms with van der Waals surface area (Å²) in [5.41, 5.74) is 3.79. The van der Waals surface area contributed by atoms with Crippen molar-refractivity contribution in [2.24, 2.45) is 0 Å². The molecular weight excluding hydrogens is 334 g/mol. The van der Waals surface area contributed by atoms with Gasteiger partial charge in [-0.05, 0) is 36.1 Å². The van der Waals surface area contributed by atoms with Crippen molar-refractivity contribution in [1.29, 1.82) is 0 Å². The molecule has 1 aromatic heterocycles. The maximum absolute atomic E-state index is 12.3. The van der Waals surface area contributed by atoms with E-state index in [0.717, 1.165) is 22.1 Å². The van der Waals surface area contributed by atoms with Crippen LogP contribution in [0, 0.1) is 6.92 Å². The number of carbonyl (C=O) groups excluding carboxylic acids is 1.